The van der Waals surface area contributed by atoms with Gasteiger partial charge < -0.3 is 10.5 Å². The lowest BCUT2D eigenvalue weighted by Crippen LogP contribution is -2.29. The normalized spacial score (nSPS) is 17.9. The summed E-state index contributed by atoms with van der Waals surface area (Å²) in [6.45, 7) is 2.67. The van der Waals surface area contributed by atoms with Crippen LogP contribution in [0, 0.1) is 6.92 Å². The second-order valence-electron chi connectivity index (χ2n) is 4.01. The van der Waals surface area contributed by atoms with Crippen molar-refractivity contribution in [3.63, 3.8) is 0 Å². The largest absolute Gasteiger partial charge is 0.491 e. The Morgan fingerprint density at radius 3 is 2.86 bits per heavy atom. The van der Waals surface area contributed by atoms with E-state index in [0.717, 1.165) is 28.6 Å². The van der Waals surface area contributed by atoms with E-state index in [0.29, 0.717) is 6.61 Å². The third kappa shape index (κ3) is 2.10. The molecule has 1 saturated carbocycles. The molecule has 3 heteroatoms. The zero-order chi connectivity index (χ0) is 10.2. The average Bonchev–Trinajstić information content (AvgIpc) is 2.88. The van der Waals surface area contributed by atoms with Gasteiger partial charge >= 0.3 is 0 Å². The molecule has 0 unspecified atom stereocenters. The summed E-state index contributed by atoms with van der Waals surface area (Å²) >= 11 is 3.47. The van der Waals surface area contributed by atoms with Gasteiger partial charge in [-0.15, -0.1) is 0 Å². The van der Waals surface area contributed by atoms with Gasteiger partial charge in [-0.3, -0.25) is 0 Å². The molecule has 2 N–H and O–H groups in total. The number of hydrogen-bond acceptors (Lipinski definition) is 2. The van der Waals surface area contributed by atoms with Gasteiger partial charge in [0.2, 0.25) is 0 Å². The molecule has 0 radical (unpaired) electrons. The van der Waals surface area contributed by atoms with Gasteiger partial charge in [0, 0.05) is 10.0 Å². The first-order chi connectivity index (χ1) is 6.61. The van der Waals surface area contributed by atoms with Crippen molar-refractivity contribution in [2.75, 3.05) is 6.61 Å². The highest BCUT2D eigenvalue weighted by molar-refractivity contribution is 9.10. The predicted octanol–water partition coefficient (Wildman–Crippen LogP) is 2.63. The Bertz CT molecular complexity index is 347. The molecule has 2 rings (SSSR count). The lowest BCUT2D eigenvalue weighted by atomic mass is 10.2. The Kier molecular flexibility index (Phi) is 2.54. The second kappa shape index (κ2) is 3.55. The smallest absolute Gasteiger partial charge is 0.123 e. The fourth-order valence-electron chi connectivity index (χ4n) is 1.27. The van der Waals surface area contributed by atoms with E-state index in [1.54, 1.807) is 0 Å². The number of hydrogen-bond donors (Lipinski definition) is 1. The second-order valence-corrected chi connectivity index (χ2v) is 4.87. The molecule has 0 amide bonds. The maximum atomic E-state index is 5.95. The van der Waals surface area contributed by atoms with E-state index in [2.05, 4.69) is 15.9 Å². The van der Waals surface area contributed by atoms with Crippen LogP contribution >= 0.6 is 15.9 Å². The average molecular weight is 256 g/mol. The van der Waals surface area contributed by atoms with Crippen molar-refractivity contribution < 1.29 is 4.74 Å². The van der Waals surface area contributed by atoms with Gasteiger partial charge in [-0.2, -0.15) is 0 Å². The van der Waals surface area contributed by atoms with Crippen LogP contribution in [0.1, 0.15) is 18.4 Å². The molecule has 1 aromatic rings. The highest BCUT2D eigenvalue weighted by atomic mass is 79.9. The minimum Gasteiger partial charge on any atom is -0.491 e. The molecule has 1 aliphatic rings. The zero-order valence-electron chi connectivity index (χ0n) is 8.22. The number of ether oxygens (including phenoxy) is 1. The van der Waals surface area contributed by atoms with E-state index in [9.17, 15) is 0 Å². The molecular weight excluding hydrogens is 242 g/mol. The number of rotatable bonds is 3. The summed E-state index contributed by atoms with van der Waals surface area (Å²) in [6.07, 6.45) is 2.17. The van der Waals surface area contributed by atoms with Gasteiger partial charge in [0.25, 0.3) is 0 Å². The molecule has 0 atom stereocenters. The highest BCUT2D eigenvalue weighted by Gasteiger charge is 2.39. The molecule has 0 heterocycles. The molecule has 0 spiro atoms. The Morgan fingerprint density at radius 2 is 2.21 bits per heavy atom. The van der Waals surface area contributed by atoms with Gasteiger partial charge in [0.05, 0.1) is 5.54 Å². The van der Waals surface area contributed by atoms with Crippen molar-refractivity contribution >= 4 is 15.9 Å². The third-order valence-electron chi connectivity index (χ3n) is 2.63. The van der Waals surface area contributed by atoms with Crippen LogP contribution in [0.15, 0.2) is 22.7 Å². The Balaban J connectivity index is 2.05. The first-order valence-electron chi connectivity index (χ1n) is 4.78. The summed E-state index contributed by atoms with van der Waals surface area (Å²) in [6, 6.07) is 5.96. The summed E-state index contributed by atoms with van der Waals surface area (Å²) in [5.74, 6) is 0.927. The van der Waals surface area contributed by atoms with E-state index in [-0.39, 0.29) is 5.54 Å². The number of benzene rings is 1. The van der Waals surface area contributed by atoms with Crippen molar-refractivity contribution in [1.82, 2.24) is 0 Å². The zero-order valence-corrected chi connectivity index (χ0v) is 9.80. The lowest BCUT2D eigenvalue weighted by molar-refractivity contribution is 0.277. The molecule has 0 aromatic heterocycles. The maximum Gasteiger partial charge on any atom is 0.123 e. The first kappa shape index (κ1) is 9.99. The molecule has 1 fully saturated rings. The van der Waals surface area contributed by atoms with Crippen molar-refractivity contribution in [2.24, 2.45) is 5.73 Å². The minimum absolute atomic E-state index is 0.0469. The quantitative estimate of drug-likeness (QED) is 0.902. The summed E-state index contributed by atoms with van der Waals surface area (Å²) in [4.78, 5) is 0. The summed E-state index contributed by atoms with van der Waals surface area (Å²) in [7, 11) is 0. The molecule has 0 aliphatic heterocycles. The fourth-order valence-corrected chi connectivity index (χ4v) is 1.62. The predicted molar refractivity (Wildman–Crippen MR) is 60.5 cm³/mol. The van der Waals surface area contributed by atoms with Crippen LogP contribution in [0.5, 0.6) is 5.75 Å². The number of nitrogens with two attached hydrogens (primary N) is 1. The van der Waals surface area contributed by atoms with E-state index in [4.69, 9.17) is 10.5 Å². The van der Waals surface area contributed by atoms with Crippen molar-refractivity contribution in [2.45, 2.75) is 25.3 Å². The molecule has 0 saturated heterocycles. The Morgan fingerprint density at radius 1 is 1.50 bits per heavy atom. The first-order valence-corrected chi connectivity index (χ1v) is 5.57. The van der Waals surface area contributed by atoms with Crippen LogP contribution in [-0.4, -0.2) is 12.1 Å². The Labute approximate surface area is 92.6 Å². The van der Waals surface area contributed by atoms with Crippen LogP contribution in [0.4, 0.5) is 0 Å². The minimum atomic E-state index is -0.0469. The lowest BCUT2D eigenvalue weighted by Gasteiger charge is -2.13. The summed E-state index contributed by atoms with van der Waals surface area (Å²) in [5.41, 5.74) is 7.03. The summed E-state index contributed by atoms with van der Waals surface area (Å²) < 4.78 is 6.77. The molecule has 14 heavy (non-hydrogen) atoms. The molecule has 2 nitrogen and oxygen atoms in total. The van der Waals surface area contributed by atoms with E-state index >= 15 is 0 Å². The fraction of sp³-hybridized carbons (Fsp3) is 0.455. The van der Waals surface area contributed by atoms with Crippen molar-refractivity contribution in [3.8, 4) is 5.75 Å². The van der Waals surface area contributed by atoms with E-state index < -0.39 is 0 Å². The van der Waals surface area contributed by atoms with Gasteiger partial charge in [-0.1, -0.05) is 22.0 Å². The third-order valence-corrected chi connectivity index (χ3v) is 3.48. The molecule has 1 aliphatic carbocycles. The topological polar surface area (TPSA) is 35.2 Å². The Hall–Kier alpha value is -0.540. The van der Waals surface area contributed by atoms with Crippen LogP contribution in [0.2, 0.25) is 0 Å². The van der Waals surface area contributed by atoms with E-state index in [1.807, 2.05) is 25.1 Å². The number of halogens is 1. The van der Waals surface area contributed by atoms with Crippen LogP contribution < -0.4 is 10.5 Å². The van der Waals surface area contributed by atoms with E-state index in [1.165, 1.54) is 0 Å². The molecule has 1 aromatic carbocycles. The molecule has 0 bridgehead atoms. The summed E-state index contributed by atoms with van der Waals surface area (Å²) in [5, 5.41) is 0. The van der Waals surface area contributed by atoms with Gasteiger partial charge in [0.1, 0.15) is 12.4 Å². The molecule has 76 valence electrons. The van der Waals surface area contributed by atoms with Gasteiger partial charge in [-0.25, -0.2) is 0 Å². The van der Waals surface area contributed by atoms with Crippen LogP contribution in [-0.2, 0) is 0 Å². The van der Waals surface area contributed by atoms with Gasteiger partial charge in [-0.05, 0) is 31.9 Å². The van der Waals surface area contributed by atoms with Gasteiger partial charge in [0.15, 0.2) is 0 Å². The van der Waals surface area contributed by atoms with Crippen LogP contribution in [0.3, 0.4) is 0 Å². The maximum absolute atomic E-state index is 5.95. The SMILES string of the molecule is Cc1c(Br)cccc1OCC1(N)CC1. The standard InChI is InChI=1S/C11H14BrNO/c1-8-9(12)3-2-4-10(8)14-7-11(13)5-6-11/h2-4H,5-7,13H2,1H3. The monoisotopic (exact) mass is 255 g/mol. The van der Waals surface area contributed by atoms with Crippen LogP contribution in [0.25, 0.3) is 0 Å². The van der Waals surface area contributed by atoms with Crippen molar-refractivity contribution in [1.29, 1.82) is 0 Å². The van der Waals surface area contributed by atoms with Crippen molar-refractivity contribution in [3.05, 3.63) is 28.2 Å². The molecular formula is C11H14BrNO. The highest BCUT2D eigenvalue weighted by Crippen LogP contribution is 2.34.